The lowest BCUT2D eigenvalue weighted by Gasteiger charge is -2.26. The van der Waals surface area contributed by atoms with Gasteiger partial charge in [0.25, 0.3) is 0 Å². The average Bonchev–Trinajstić information content (AvgIpc) is 2.16. The van der Waals surface area contributed by atoms with Gasteiger partial charge in [-0.1, -0.05) is 6.08 Å². The average molecular weight is 249 g/mol. The van der Waals surface area contributed by atoms with E-state index in [0.29, 0.717) is 19.4 Å². The maximum Gasteiger partial charge on any atom is 0.348 e. The molecule has 1 fully saturated rings. The highest BCUT2D eigenvalue weighted by Gasteiger charge is 2.25. The van der Waals surface area contributed by atoms with Gasteiger partial charge in [0.2, 0.25) is 0 Å². The van der Waals surface area contributed by atoms with E-state index in [1.807, 2.05) is 0 Å². The first-order valence-corrected chi connectivity index (χ1v) is 6.76. The molecule has 1 aliphatic heterocycles. The summed E-state index contributed by atoms with van der Waals surface area (Å²) >= 11 is 0. The minimum Gasteiger partial charge on any atom is -0.480 e. The molecule has 0 aromatic rings. The molecule has 1 aliphatic rings. The normalized spacial score (nSPS) is 27.1. The van der Waals surface area contributed by atoms with Crippen LogP contribution in [-0.4, -0.2) is 33.4 Å². The Labute approximate surface area is 93.5 Å². The summed E-state index contributed by atoms with van der Waals surface area (Å²) in [6, 6.07) is -0.540. The van der Waals surface area contributed by atoms with Crippen LogP contribution in [0.5, 0.6) is 0 Å². The number of carbonyl (C=O) groups is 1. The molecule has 16 heavy (non-hydrogen) atoms. The van der Waals surface area contributed by atoms with Gasteiger partial charge in [0.1, 0.15) is 6.04 Å². The van der Waals surface area contributed by atoms with Crippen LogP contribution in [0.25, 0.3) is 0 Å². The molecular formula is C9H16NO5P. The fourth-order valence-corrected chi connectivity index (χ4v) is 2.19. The number of hydrogen-bond acceptors (Lipinski definition) is 3. The molecule has 0 radical (unpaired) electrons. The van der Waals surface area contributed by atoms with Crippen molar-refractivity contribution in [1.82, 2.24) is 5.32 Å². The van der Waals surface area contributed by atoms with Gasteiger partial charge < -0.3 is 20.2 Å². The van der Waals surface area contributed by atoms with Crippen molar-refractivity contribution >= 4 is 13.6 Å². The number of allylic oxidation sites excluding steroid dienone is 1. The van der Waals surface area contributed by atoms with E-state index in [1.54, 1.807) is 0 Å². The van der Waals surface area contributed by atoms with Crippen LogP contribution in [0.2, 0.25) is 0 Å². The molecule has 0 aromatic heterocycles. The van der Waals surface area contributed by atoms with Crippen LogP contribution in [0.3, 0.4) is 0 Å². The van der Waals surface area contributed by atoms with Crippen molar-refractivity contribution in [3.8, 4) is 0 Å². The first-order valence-electron chi connectivity index (χ1n) is 5.07. The highest BCUT2D eigenvalue weighted by atomic mass is 31.2. The van der Waals surface area contributed by atoms with Crippen molar-refractivity contribution in [1.29, 1.82) is 0 Å². The van der Waals surface area contributed by atoms with E-state index in [9.17, 15) is 9.36 Å². The van der Waals surface area contributed by atoms with Crippen LogP contribution in [-0.2, 0) is 9.36 Å². The molecular weight excluding hydrogens is 233 g/mol. The van der Waals surface area contributed by atoms with Gasteiger partial charge in [-0.25, -0.2) is 0 Å². The number of rotatable bonds is 4. The number of carboxylic acids is 1. The van der Waals surface area contributed by atoms with Crippen LogP contribution in [0.4, 0.5) is 0 Å². The van der Waals surface area contributed by atoms with E-state index < -0.39 is 19.6 Å². The molecule has 0 spiro atoms. The fraction of sp³-hybridized carbons (Fsp3) is 0.667. The Kier molecular flexibility index (Phi) is 4.68. The van der Waals surface area contributed by atoms with Crippen LogP contribution in [0.15, 0.2) is 11.9 Å². The quantitative estimate of drug-likeness (QED) is 0.541. The van der Waals surface area contributed by atoms with E-state index in [-0.39, 0.29) is 5.92 Å². The Morgan fingerprint density at radius 1 is 1.50 bits per heavy atom. The highest BCUT2D eigenvalue weighted by Crippen LogP contribution is 2.36. The summed E-state index contributed by atoms with van der Waals surface area (Å²) < 4.78 is 10.5. The van der Waals surface area contributed by atoms with Crippen molar-refractivity contribution in [3.05, 3.63) is 11.9 Å². The molecule has 4 N–H and O–H groups in total. The molecule has 6 nitrogen and oxygen atoms in total. The zero-order chi connectivity index (χ0) is 12.2. The summed E-state index contributed by atoms with van der Waals surface area (Å²) in [7, 11) is -4.08. The summed E-state index contributed by atoms with van der Waals surface area (Å²) in [6.45, 7) is 0.630. The second-order valence-electron chi connectivity index (χ2n) is 3.94. The minimum absolute atomic E-state index is 0.171. The lowest BCUT2D eigenvalue weighted by atomic mass is 9.90. The zero-order valence-electron chi connectivity index (χ0n) is 8.74. The Hall–Kier alpha value is -0.680. The highest BCUT2D eigenvalue weighted by molar-refractivity contribution is 7.55. The van der Waals surface area contributed by atoms with Gasteiger partial charge in [-0.05, 0) is 31.7 Å². The molecule has 2 atom stereocenters. The Bertz CT molecular complexity index is 324. The second-order valence-corrected chi connectivity index (χ2v) is 5.42. The topological polar surface area (TPSA) is 107 Å². The summed E-state index contributed by atoms with van der Waals surface area (Å²) in [4.78, 5) is 27.9. The molecule has 0 aromatic carbocycles. The zero-order valence-corrected chi connectivity index (χ0v) is 9.64. The van der Waals surface area contributed by atoms with Gasteiger partial charge in [-0.15, -0.1) is 0 Å². The predicted octanol–water partition coefficient (Wildman–Crippen LogP) is 0.521. The summed E-state index contributed by atoms with van der Waals surface area (Å²) in [5.74, 6) is 0.180. The molecule has 0 saturated carbocycles. The fourth-order valence-electron chi connectivity index (χ4n) is 1.79. The molecule has 1 heterocycles. The first kappa shape index (κ1) is 13.4. The second kappa shape index (κ2) is 5.59. The number of piperidine rings is 1. The third-order valence-electron chi connectivity index (χ3n) is 2.58. The van der Waals surface area contributed by atoms with Crippen LogP contribution < -0.4 is 5.32 Å². The minimum atomic E-state index is -4.08. The summed E-state index contributed by atoms with van der Waals surface area (Å²) in [5, 5.41) is 11.7. The third-order valence-corrected chi connectivity index (χ3v) is 3.18. The lowest BCUT2D eigenvalue weighted by Crippen LogP contribution is -2.43. The molecule has 1 unspecified atom stereocenters. The largest absolute Gasteiger partial charge is 0.480 e. The predicted molar refractivity (Wildman–Crippen MR) is 58.0 cm³/mol. The van der Waals surface area contributed by atoms with Crippen molar-refractivity contribution in [2.24, 2.45) is 5.92 Å². The van der Waals surface area contributed by atoms with Gasteiger partial charge in [0.05, 0.1) is 0 Å². The monoisotopic (exact) mass is 249 g/mol. The van der Waals surface area contributed by atoms with Crippen molar-refractivity contribution in [2.45, 2.75) is 25.3 Å². The van der Waals surface area contributed by atoms with E-state index in [0.717, 1.165) is 12.2 Å². The number of carboxylic acid groups (broad SMARTS) is 1. The number of aliphatic carboxylic acids is 1. The van der Waals surface area contributed by atoms with Crippen molar-refractivity contribution in [3.63, 3.8) is 0 Å². The third kappa shape index (κ3) is 4.90. The molecule has 0 bridgehead atoms. The number of hydrogen-bond donors (Lipinski definition) is 4. The summed E-state index contributed by atoms with van der Waals surface area (Å²) in [5.41, 5.74) is 0. The Morgan fingerprint density at radius 2 is 2.19 bits per heavy atom. The van der Waals surface area contributed by atoms with Crippen LogP contribution in [0, 0.1) is 5.92 Å². The number of nitrogens with one attached hydrogen (secondary N) is 1. The van der Waals surface area contributed by atoms with Gasteiger partial charge >= 0.3 is 13.6 Å². The van der Waals surface area contributed by atoms with Crippen LogP contribution >= 0.6 is 7.60 Å². The molecule has 1 saturated heterocycles. The smallest absolute Gasteiger partial charge is 0.348 e. The SMILES string of the molecule is O=C(O)[C@@H]1CC(CC=CP(=O)(O)O)CCN1. The molecule has 0 aliphatic carbocycles. The Balaban J connectivity index is 2.41. The van der Waals surface area contributed by atoms with Gasteiger partial charge in [-0.3, -0.25) is 9.36 Å². The molecule has 0 amide bonds. The summed E-state index contributed by atoms with van der Waals surface area (Å²) in [6.07, 6.45) is 3.28. The van der Waals surface area contributed by atoms with Gasteiger partial charge in [0.15, 0.2) is 0 Å². The van der Waals surface area contributed by atoms with E-state index in [2.05, 4.69) is 5.32 Å². The van der Waals surface area contributed by atoms with Gasteiger partial charge in [-0.2, -0.15) is 0 Å². The van der Waals surface area contributed by atoms with Crippen molar-refractivity contribution in [2.75, 3.05) is 6.54 Å². The standard InChI is InChI=1S/C9H16NO5P/c11-9(12)8-6-7(3-4-10-8)2-1-5-16(13,14)15/h1,5,7-8,10H,2-4,6H2,(H,11,12)(H2,13,14,15)/t7?,8-/m0/s1. The van der Waals surface area contributed by atoms with E-state index in [1.165, 1.54) is 6.08 Å². The van der Waals surface area contributed by atoms with E-state index in [4.69, 9.17) is 14.9 Å². The molecule has 92 valence electrons. The molecule has 7 heteroatoms. The Morgan fingerprint density at radius 3 is 2.75 bits per heavy atom. The van der Waals surface area contributed by atoms with Crippen LogP contribution in [0.1, 0.15) is 19.3 Å². The lowest BCUT2D eigenvalue weighted by molar-refractivity contribution is -0.140. The molecule has 1 rings (SSSR count). The van der Waals surface area contributed by atoms with E-state index >= 15 is 0 Å². The maximum atomic E-state index is 10.7. The first-order chi connectivity index (χ1) is 7.38. The van der Waals surface area contributed by atoms with Crippen molar-refractivity contribution < 1.29 is 24.3 Å². The maximum absolute atomic E-state index is 10.7. The van der Waals surface area contributed by atoms with Gasteiger partial charge in [0, 0.05) is 5.82 Å².